The average molecular weight is 1330 g/mol. The van der Waals surface area contributed by atoms with Crippen LogP contribution < -0.4 is 26.2 Å². The van der Waals surface area contributed by atoms with E-state index in [1.165, 1.54) is 51.5 Å². The van der Waals surface area contributed by atoms with Gasteiger partial charge in [0.1, 0.15) is 0 Å². The zero-order valence-electron chi connectivity index (χ0n) is 54.4. The van der Waals surface area contributed by atoms with Gasteiger partial charge in [-0.25, -0.2) is 0 Å². The largest absolute Gasteiger partial charge is 0.494 e. The highest BCUT2D eigenvalue weighted by molar-refractivity contribution is 9.10. The van der Waals surface area contributed by atoms with Crippen molar-refractivity contribution in [2.45, 2.75) is 124 Å². The lowest BCUT2D eigenvalue weighted by Crippen LogP contribution is -2.41. The molecule has 8 nitrogen and oxygen atoms in total. The third-order valence-corrected chi connectivity index (χ3v) is 22.5. The summed E-state index contributed by atoms with van der Waals surface area (Å²) in [6.45, 7) is 24.9. The Bertz CT molecular complexity index is 4400. The lowest BCUT2D eigenvalue weighted by molar-refractivity contribution is 0.00578. The molecule has 0 aliphatic carbocycles. The lowest BCUT2D eigenvalue weighted by atomic mass is 9.74. The standard InChI is InChI=1S/C36H32BNO2S.C24H16BrNS.C18H28B2O4.CH4/c1-35(2)36(3,4)40-37(39-35)26-21-19-25(20-22-26)31-23-29(24-32-30-17-11-12-18-33(30)41-34(31)32)38(27-13-7-5-8-14-27)28-15-9-6-10-16-28;25-22-16-19(15-21-20-13-7-8-14-23(20)27-24(21)22)26(17-9-3-1-4-10-17)18-11-5-2-6-12-18;1-15(2)16(3,4)22-19(21-15)13-9-11-14(12-10-13)20-23-17(5,6)18(7,8)24-20;/h5-24H,1-4H3;1-16H;9-12H,1-8H3;1H4. The minimum atomic E-state index is -0.378. The maximum Gasteiger partial charge on any atom is 0.494 e. The number of rotatable bonds is 10. The molecule has 14 heteroatoms. The van der Waals surface area contributed by atoms with Gasteiger partial charge in [0.05, 0.1) is 33.6 Å². The number of hydrogen-bond acceptors (Lipinski definition) is 10. The molecular weight excluding hydrogens is 1250 g/mol. The third-order valence-electron chi connectivity index (χ3n) is 19.2. The van der Waals surface area contributed by atoms with Gasteiger partial charge in [-0.05, 0) is 206 Å². The van der Waals surface area contributed by atoms with Crippen molar-refractivity contribution < 1.29 is 27.9 Å². The summed E-state index contributed by atoms with van der Waals surface area (Å²) in [4.78, 5) is 4.64. The van der Waals surface area contributed by atoms with Crippen molar-refractivity contribution in [1.29, 1.82) is 0 Å². The first-order valence-corrected chi connectivity index (χ1v) is 34.0. The van der Waals surface area contributed by atoms with Crippen molar-refractivity contribution >= 4 is 151 Å². The Kier molecular flexibility index (Phi) is 18.2. The number of fused-ring (bicyclic) bond motifs is 6. The van der Waals surface area contributed by atoms with E-state index in [0.29, 0.717) is 0 Å². The Balaban J connectivity index is 0.000000140. The minimum Gasteiger partial charge on any atom is -0.399 e. The normalized spacial score (nSPS) is 17.2. The van der Waals surface area contributed by atoms with Gasteiger partial charge in [0, 0.05) is 84.5 Å². The van der Waals surface area contributed by atoms with E-state index in [2.05, 4.69) is 327 Å². The van der Waals surface area contributed by atoms with Crippen LogP contribution in [0.1, 0.15) is 90.5 Å². The second-order valence-corrected chi connectivity index (χ2v) is 29.9. The molecule has 15 rings (SSSR count). The van der Waals surface area contributed by atoms with Crippen LogP contribution in [0.5, 0.6) is 0 Å². The van der Waals surface area contributed by atoms with Crippen LogP contribution in [0.2, 0.25) is 0 Å². The van der Waals surface area contributed by atoms with Crippen LogP contribution in [0.15, 0.2) is 247 Å². The maximum absolute atomic E-state index is 6.33. The summed E-state index contributed by atoms with van der Waals surface area (Å²) in [5, 5.41) is 5.15. The molecule has 5 heterocycles. The molecule has 10 aromatic carbocycles. The quantitative estimate of drug-likeness (QED) is 0.126. The molecule has 2 aromatic heterocycles. The first kappa shape index (κ1) is 65.7. The highest BCUT2D eigenvalue weighted by Crippen LogP contribution is 2.48. The van der Waals surface area contributed by atoms with Crippen molar-refractivity contribution in [3.8, 4) is 11.1 Å². The molecule has 0 spiro atoms. The minimum absolute atomic E-state index is 0. The molecule has 3 fully saturated rings. The first-order valence-electron chi connectivity index (χ1n) is 31.6. The number of nitrogens with zero attached hydrogens (tertiary/aromatic N) is 2. The topological polar surface area (TPSA) is 61.9 Å². The van der Waals surface area contributed by atoms with Crippen LogP contribution in [-0.4, -0.2) is 55.0 Å². The SMILES string of the molecule is Brc1cc(N(c2ccccc2)c2ccccc2)cc2c1sc1ccccc12.C.CC1(C)OB(c2ccc(-c3cc(N(c4ccccc4)c4ccccc4)cc4c3sc3ccccc34)cc2)OC1(C)C.CC1(C)OB(c2ccc(B3OC(C)(C)C(C)(C)O3)cc2)OC1(C)C. The zero-order valence-corrected chi connectivity index (χ0v) is 57.6. The predicted octanol–water partition coefficient (Wildman–Crippen LogP) is 20.7. The monoisotopic (exact) mass is 1330 g/mol. The molecule has 3 saturated heterocycles. The second-order valence-electron chi connectivity index (χ2n) is 26.9. The third kappa shape index (κ3) is 12.9. The van der Waals surface area contributed by atoms with Gasteiger partial charge in [-0.3, -0.25) is 0 Å². The van der Waals surface area contributed by atoms with Gasteiger partial charge in [0.25, 0.3) is 0 Å². The van der Waals surface area contributed by atoms with Crippen molar-refractivity contribution in [3.05, 3.63) is 247 Å². The van der Waals surface area contributed by atoms with Crippen LogP contribution in [0, 0.1) is 0 Å². The van der Waals surface area contributed by atoms with E-state index in [9.17, 15) is 0 Å². The molecule has 0 atom stereocenters. The van der Waals surface area contributed by atoms with Crippen LogP contribution in [0.4, 0.5) is 34.1 Å². The van der Waals surface area contributed by atoms with Crippen LogP contribution in [0.25, 0.3) is 51.5 Å². The van der Waals surface area contributed by atoms with Crippen LogP contribution >= 0.6 is 38.6 Å². The summed E-state index contributed by atoms with van der Waals surface area (Å²) in [6.07, 6.45) is 0. The number of para-hydroxylation sites is 4. The molecule has 0 radical (unpaired) electrons. The Morgan fingerprint density at radius 1 is 0.301 bits per heavy atom. The summed E-state index contributed by atoms with van der Waals surface area (Å²) in [5.74, 6) is 0. The van der Waals surface area contributed by atoms with E-state index in [1.54, 1.807) is 0 Å². The summed E-state index contributed by atoms with van der Waals surface area (Å²) in [6, 6.07) is 85.6. The van der Waals surface area contributed by atoms with Gasteiger partial charge in [-0.2, -0.15) is 0 Å². The summed E-state index contributed by atoms with van der Waals surface area (Å²) in [5.41, 5.74) is 10.2. The fourth-order valence-corrected chi connectivity index (χ4v) is 14.8. The Labute approximate surface area is 567 Å². The fraction of sp³-hybridized carbons (Fsp3) is 0.241. The van der Waals surface area contributed by atoms with Gasteiger partial charge < -0.3 is 37.7 Å². The number of anilines is 6. The smallest absolute Gasteiger partial charge is 0.399 e. The number of hydrogen-bond donors (Lipinski definition) is 0. The van der Waals surface area contributed by atoms with E-state index in [1.807, 2.05) is 46.9 Å². The molecule has 0 N–H and O–H groups in total. The molecular formula is C79H80B3BrN2O6S2. The number of thiophene rings is 2. The Morgan fingerprint density at radius 3 is 0.925 bits per heavy atom. The fourth-order valence-electron chi connectivity index (χ4n) is 11.8. The van der Waals surface area contributed by atoms with E-state index in [0.717, 1.165) is 55.0 Å². The molecule has 0 amide bonds. The van der Waals surface area contributed by atoms with Crippen molar-refractivity contribution in [1.82, 2.24) is 0 Å². The van der Waals surface area contributed by atoms with E-state index >= 15 is 0 Å². The average Bonchev–Trinajstić information content (AvgIpc) is 1.66. The molecule has 470 valence electrons. The maximum atomic E-state index is 6.33. The van der Waals surface area contributed by atoms with Crippen molar-refractivity contribution in [2.75, 3.05) is 9.80 Å². The van der Waals surface area contributed by atoms with E-state index in [4.69, 9.17) is 27.9 Å². The second kappa shape index (κ2) is 25.8. The highest BCUT2D eigenvalue weighted by atomic mass is 79.9. The summed E-state index contributed by atoms with van der Waals surface area (Å²) in [7, 11) is -1.07. The van der Waals surface area contributed by atoms with Gasteiger partial charge in [-0.1, -0.05) is 165 Å². The predicted molar refractivity (Wildman–Crippen MR) is 401 cm³/mol. The van der Waals surface area contributed by atoms with Gasteiger partial charge in [0.2, 0.25) is 0 Å². The highest BCUT2D eigenvalue weighted by Gasteiger charge is 2.54. The molecule has 0 unspecified atom stereocenters. The molecule has 12 aromatic rings. The van der Waals surface area contributed by atoms with E-state index < -0.39 is 0 Å². The lowest BCUT2D eigenvalue weighted by Gasteiger charge is -2.32. The number of halogens is 1. The zero-order chi connectivity index (χ0) is 64.4. The van der Waals surface area contributed by atoms with Crippen LogP contribution in [0.3, 0.4) is 0 Å². The molecule has 0 bridgehead atoms. The Morgan fingerprint density at radius 2 is 0.581 bits per heavy atom. The van der Waals surface area contributed by atoms with Gasteiger partial charge in [-0.15, -0.1) is 22.7 Å². The van der Waals surface area contributed by atoms with Crippen LogP contribution in [-0.2, 0) is 27.9 Å². The molecule has 0 saturated carbocycles. The number of benzene rings is 10. The molecule has 3 aliphatic rings. The van der Waals surface area contributed by atoms with Gasteiger partial charge >= 0.3 is 21.4 Å². The van der Waals surface area contributed by atoms with Crippen molar-refractivity contribution in [3.63, 3.8) is 0 Å². The van der Waals surface area contributed by atoms with Gasteiger partial charge in [0.15, 0.2) is 0 Å². The first-order chi connectivity index (χ1) is 44.0. The molecule has 3 aliphatic heterocycles. The molecule has 93 heavy (non-hydrogen) atoms. The Hall–Kier alpha value is -7.33. The van der Waals surface area contributed by atoms with Crippen molar-refractivity contribution in [2.24, 2.45) is 0 Å². The van der Waals surface area contributed by atoms with E-state index in [-0.39, 0.29) is 62.4 Å². The summed E-state index contributed by atoms with van der Waals surface area (Å²) >= 11 is 7.51. The summed E-state index contributed by atoms with van der Waals surface area (Å²) < 4.78 is 43.4.